The highest BCUT2D eigenvalue weighted by molar-refractivity contribution is 5.69. The summed E-state index contributed by atoms with van der Waals surface area (Å²) in [5.74, 6) is 0.354. The van der Waals surface area contributed by atoms with Crippen LogP contribution in [0.4, 0.5) is 0 Å². The number of hydrogen-bond acceptors (Lipinski definition) is 4. The monoisotopic (exact) mass is 240 g/mol. The molecule has 1 heterocycles. The molecule has 1 aliphatic carbocycles. The molecular formula is C13H20O4. The van der Waals surface area contributed by atoms with Crippen molar-refractivity contribution < 1.29 is 19.1 Å². The van der Waals surface area contributed by atoms with E-state index in [1.165, 1.54) is 0 Å². The maximum atomic E-state index is 11.4. The zero-order valence-electron chi connectivity index (χ0n) is 10.1. The highest BCUT2D eigenvalue weighted by Crippen LogP contribution is 2.39. The molecule has 3 unspecified atom stereocenters. The van der Waals surface area contributed by atoms with Crippen molar-refractivity contribution in [3.05, 3.63) is 0 Å². The minimum Gasteiger partial charge on any atom is -0.465 e. The summed E-state index contributed by atoms with van der Waals surface area (Å²) in [6, 6.07) is 0. The van der Waals surface area contributed by atoms with Gasteiger partial charge < -0.3 is 14.3 Å². The first-order chi connectivity index (χ1) is 8.29. The van der Waals surface area contributed by atoms with E-state index in [0.717, 1.165) is 38.4 Å². The van der Waals surface area contributed by atoms with Gasteiger partial charge in [-0.1, -0.05) is 0 Å². The average molecular weight is 240 g/mol. The topological polar surface area (TPSA) is 55.9 Å². The van der Waals surface area contributed by atoms with Crippen LogP contribution in [0, 0.1) is 5.92 Å². The Hall–Kier alpha value is -0.900. The summed E-state index contributed by atoms with van der Waals surface area (Å²) in [6.07, 6.45) is 7.61. The predicted octanol–water partition coefficient (Wildman–Crippen LogP) is 1.86. The number of rotatable bonds is 7. The molecule has 1 saturated heterocycles. The molecule has 4 heteroatoms. The van der Waals surface area contributed by atoms with Gasteiger partial charge >= 0.3 is 5.97 Å². The minimum atomic E-state index is -0.130. The highest BCUT2D eigenvalue weighted by Gasteiger charge is 2.43. The van der Waals surface area contributed by atoms with Crippen molar-refractivity contribution in [3.8, 4) is 0 Å². The fourth-order valence-electron chi connectivity index (χ4n) is 2.42. The van der Waals surface area contributed by atoms with E-state index in [4.69, 9.17) is 9.47 Å². The van der Waals surface area contributed by atoms with Gasteiger partial charge in [0.05, 0.1) is 18.8 Å². The van der Waals surface area contributed by atoms with E-state index in [1.807, 2.05) is 0 Å². The molecule has 0 radical (unpaired) electrons. The van der Waals surface area contributed by atoms with Gasteiger partial charge in [0.2, 0.25) is 0 Å². The Kier molecular flexibility index (Phi) is 4.54. The molecular weight excluding hydrogens is 220 g/mol. The van der Waals surface area contributed by atoms with Gasteiger partial charge in [0.1, 0.15) is 6.29 Å². The Morgan fingerprint density at radius 3 is 2.94 bits per heavy atom. The summed E-state index contributed by atoms with van der Waals surface area (Å²) in [5.41, 5.74) is 0. The molecule has 0 spiro atoms. The van der Waals surface area contributed by atoms with Gasteiger partial charge in [0, 0.05) is 12.8 Å². The fourth-order valence-corrected chi connectivity index (χ4v) is 2.42. The van der Waals surface area contributed by atoms with E-state index in [2.05, 4.69) is 0 Å². The lowest BCUT2D eigenvalue weighted by Gasteiger charge is -2.18. The number of ether oxygens (including phenoxy) is 2. The van der Waals surface area contributed by atoms with Gasteiger partial charge in [-0.3, -0.25) is 4.79 Å². The van der Waals surface area contributed by atoms with E-state index >= 15 is 0 Å². The summed E-state index contributed by atoms with van der Waals surface area (Å²) in [7, 11) is 0. The second-order valence-electron chi connectivity index (χ2n) is 4.99. The van der Waals surface area contributed by atoms with Crippen molar-refractivity contribution in [1.29, 1.82) is 0 Å². The minimum absolute atomic E-state index is 0.130. The molecule has 2 fully saturated rings. The molecule has 1 saturated carbocycles. The Labute approximate surface area is 102 Å². The van der Waals surface area contributed by atoms with Crippen molar-refractivity contribution in [2.75, 3.05) is 6.61 Å². The van der Waals surface area contributed by atoms with Gasteiger partial charge in [0.25, 0.3) is 0 Å². The molecule has 96 valence electrons. The highest BCUT2D eigenvalue weighted by atomic mass is 16.6. The van der Waals surface area contributed by atoms with Crippen molar-refractivity contribution in [2.24, 2.45) is 5.92 Å². The van der Waals surface area contributed by atoms with E-state index in [-0.39, 0.29) is 5.97 Å². The lowest BCUT2D eigenvalue weighted by Crippen LogP contribution is -2.20. The molecule has 2 aliphatic rings. The van der Waals surface area contributed by atoms with E-state index in [9.17, 15) is 9.59 Å². The third-order valence-electron chi connectivity index (χ3n) is 3.55. The number of aldehydes is 1. The molecule has 0 aromatic heterocycles. The quantitative estimate of drug-likeness (QED) is 0.295. The summed E-state index contributed by atoms with van der Waals surface area (Å²) in [5, 5.41) is 0. The standard InChI is InChI=1S/C13H20O4/c14-7-3-1-2-4-13(15)16-9-10-5-6-11-12(8-10)17-11/h7,10-12H,1-6,8-9H2. The first kappa shape index (κ1) is 12.6. The van der Waals surface area contributed by atoms with Crippen molar-refractivity contribution in [1.82, 2.24) is 0 Å². The molecule has 17 heavy (non-hydrogen) atoms. The number of esters is 1. The normalized spacial score (nSPS) is 30.5. The van der Waals surface area contributed by atoms with Gasteiger partial charge in [-0.2, -0.15) is 0 Å². The first-order valence-corrected chi connectivity index (χ1v) is 6.54. The Bertz CT molecular complexity index is 277. The summed E-state index contributed by atoms with van der Waals surface area (Å²) in [6.45, 7) is 0.541. The summed E-state index contributed by atoms with van der Waals surface area (Å²) >= 11 is 0. The number of fused-ring (bicyclic) bond motifs is 1. The largest absolute Gasteiger partial charge is 0.465 e. The van der Waals surface area contributed by atoms with Crippen LogP contribution in [0.5, 0.6) is 0 Å². The predicted molar refractivity (Wildman–Crippen MR) is 61.5 cm³/mol. The third kappa shape index (κ3) is 4.11. The van der Waals surface area contributed by atoms with Crippen LogP contribution >= 0.6 is 0 Å². The van der Waals surface area contributed by atoms with Crippen LogP contribution in [0.2, 0.25) is 0 Å². The van der Waals surface area contributed by atoms with Crippen LogP contribution in [-0.2, 0) is 19.1 Å². The maximum absolute atomic E-state index is 11.4. The molecule has 0 N–H and O–H groups in total. The Morgan fingerprint density at radius 2 is 2.18 bits per heavy atom. The second-order valence-corrected chi connectivity index (χ2v) is 4.99. The maximum Gasteiger partial charge on any atom is 0.305 e. The molecule has 4 nitrogen and oxygen atoms in total. The second kappa shape index (κ2) is 6.15. The number of epoxide rings is 1. The van der Waals surface area contributed by atoms with E-state index in [1.54, 1.807) is 0 Å². The molecule has 0 bridgehead atoms. The number of hydrogen-bond donors (Lipinski definition) is 0. The molecule has 0 amide bonds. The molecule has 1 aliphatic heterocycles. The van der Waals surface area contributed by atoms with Crippen LogP contribution in [0.25, 0.3) is 0 Å². The first-order valence-electron chi connectivity index (χ1n) is 6.54. The van der Waals surface area contributed by atoms with Crippen molar-refractivity contribution in [3.63, 3.8) is 0 Å². The van der Waals surface area contributed by atoms with Crippen LogP contribution in [0.1, 0.15) is 44.9 Å². The van der Waals surface area contributed by atoms with E-state index in [0.29, 0.717) is 37.6 Å². The molecule has 0 aromatic carbocycles. The van der Waals surface area contributed by atoms with Crippen LogP contribution < -0.4 is 0 Å². The van der Waals surface area contributed by atoms with Crippen molar-refractivity contribution in [2.45, 2.75) is 57.2 Å². The van der Waals surface area contributed by atoms with Crippen molar-refractivity contribution >= 4 is 12.3 Å². The Morgan fingerprint density at radius 1 is 1.29 bits per heavy atom. The number of unbranched alkanes of at least 4 members (excludes halogenated alkanes) is 2. The zero-order valence-corrected chi connectivity index (χ0v) is 10.1. The summed E-state index contributed by atoms with van der Waals surface area (Å²) < 4.78 is 10.7. The molecule has 0 aromatic rings. The van der Waals surface area contributed by atoms with Gasteiger partial charge in [-0.15, -0.1) is 0 Å². The summed E-state index contributed by atoms with van der Waals surface area (Å²) in [4.78, 5) is 21.5. The van der Waals surface area contributed by atoms with Gasteiger partial charge in [0.15, 0.2) is 0 Å². The van der Waals surface area contributed by atoms with E-state index < -0.39 is 0 Å². The smallest absolute Gasteiger partial charge is 0.305 e. The molecule has 2 rings (SSSR count). The average Bonchev–Trinajstić information content (AvgIpc) is 3.10. The SMILES string of the molecule is O=CCCCCC(=O)OCC1CCC2OC2C1. The van der Waals surface area contributed by atoms with Crippen LogP contribution in [-0.4, -0.2) is 31.1 Å². The van der Waals surface area contributed by atoms with Gasteiger partial charge in [-0.25, -0.2) is 0 Å². The lowest BCUT2D eigenvalue weighted by molar-refractivity contribution is -0.145. The van der Waals surface area contributed by atoms with Crippen LogP contribution in [0.3, 0.4) is 0 Å². The number of carbonyl (C=O) groups excluding carboxylic acids is 2. The number of carbonyl (C=O) groups is 2. The van der Waals surface area contributed by atoms with Crippen LogP contribution in [0.15, 0.2) is 0 Å². The van der Waals surface area contributed by atoms with Gasteiger partial charge in [-0.05, 0) is 38.0 Å². The third-order valence-corrected chi connectivity index (χ3v) is 3.55. The zero-order chi connectivity index (χ0) is 12.1. The lowest BCUT2D eigenvalue weighted by atomic mass is 9.90. The fraction of sp³-hybridized carbons (Fsp3) is 0.846. The molecule has 3 atom stereocenters. The Balaban J connectivity index is 1.51.